The van der Waals surface area contributed by atoms with Crippen LogP contribution < -0.4 is 15.1 Å². The van der Waals surface area contributed by atoms with Crippen molar-refractivity contribution in [3.8, 4) is 0 Å². The van der Waals surface area contributed by atoms with Crippen LogP contribution in [0.15, 0.2) is 35.9 Å². The molecule has 2 aromatic rings. The number of hydrogen-bond acceptors (Lipinski definition) is 4. The Kier molecular flexibility index (Phi) is 5.69. The lowest BCUT2D eigenvalue weighted by Crippen LogP contribution is -2.54. The molecule has 172 valence electrons. The first-order valence-corrected chi connectivity index (χ1v) is 11.7. The Labute approximate surface area is 201 Å². The van der Waals surface area contributed by atoms with Crippen LogP contribution in [0.3, 0.4) is 0 Å². The molecule has 2 amide bonds. The SMILES string of the molecule is Cc1cc2c(cc1/C=C1\C(=O)NC(=S)N(c3cccc(C)c3C)C1=O)[C@H](C)CC(C)(C)N2C. The molecule has 4 rings (SSSR count). The number of aryl methyl sites for hydroxylation is 2. The lowest BCUT2D eigenvalue weighted by Gasteiger charge is -2.45. The van der Waals surface area contributed by atoms with Gasteiger partial charge in [0.25, 0.3) is 11.8 Å². The molecule has 5 nitrogen and oxygen atoms in total. The molecule has 1 fully saturated rings. The molecule has 6 heteroatoms. The van der Waals surface area contributed by atoms with Crippen molar-refractivity contribution in [3.63, 3.8) is 0 Å². The fourth-order valence-corrected chi connectivity index (χ4v) is 5.17. The minimum Gasteiger partial charge on any atom is -0.369 e. The molecular weight excluding hydrogens is 430 g/mol. The van der Waals surface area contributed by atoms with E-state index in [9.17, 15) is 9.59 Å². The largest absolute Gasteiger partial charge is 0.369 e. The van der Waals surface area contributed by atoms with Gasteiger partial charge < -0.3 is 4.90 Å². The first kappa shape index (κ1) is 23.2. The summed E-state index contributed by atoms with van der Waals surface area (Å²) in [5.74, 6) is -0.491. The summed E-state index contributed by atoms with van der Waals surface area (Å²) < 4.78 is 0. The van der Waals surface area contributed by atoms with Crippen LogP contribution in [0.2, 0.25) is 0 Å². The number of benzene rings is 2. The summed E-state index contributed by atoms with van der Waals surface area (Å²) >= 11 is 5.38. The molecule has 1 atom stereocenters. The van der Waals surface area contributed by atoms with E-state index in [0.717, 1.165) is 28.7 Å². The normalized spacial score (nSPS) is 21.4. The number of nitrogens with one attached hydrogen (secondary N) is 1. The Balaban J connectivity index is 1.79. The van der Waals surface area contributed by atoms with Crippen LogP contribution in [0, 0.1) is 20.8 Å². The smallest absolute Gasteiger partial charge is 0.270 e. The lowest BCUT2D eigenvalue weighted by atomic mass is 9.79. The van der Waals surface area contributed by atoms with E-state index in [4.69, 9.17) is 12.2 Å². The highest BCUT2D eigenvalue weighted by Gasteiger charge is 2.37. The van der Waals surface area contributed by atoms with Crippen LogP contribution in [0.25, 0.3) is 6.08 Å². The molecule has 2 aliphatic rings. The Morgan fingerprint density at radius 1 is 1.09 bits per heavy atom. The molecule has 1 saturated heterocycles. The van der Waals surface area contributed by atoms with Gasteiger partial charge in [0.1, 0.15) is 5.57 Å². The average Bonchev–Trinajstić information content (AvgIpc) is 2.72. The highest BCUT2D eigenvalue weighted by molar-refractivity contribution is 7.80. The average molecular weight is 462 g/mol. The zero-order valence-electron chi connectivity index (χ0n) is 20.4. The van der Waals surface area contributed by atoms with Crippen LogP contribution >= 0.6 is 12.2 Å². The number of fused-ring (bicyclic) bond motifs is 1. The summed E-state index contributed by atoms with van der Waals surface area (Å²) in [5, 5.41) is 2.81. The molecule has 0 aromatic heterocycles. The summed E-state index contributed by atoms with van der Waals surface area (Å²) in [6, 6.07) is 10.0. The van der Waals surface area contributed by atoms with Crippen LogP contribution in [0.1, 0.15) is 60.9 Å². The van der Waals surface area contributed by atoms with Crippen LogP contribution in [-0.4, -0.2) is 29.5 Å². The summed E-state index contributed by atoms with van der Waals surface area (Å²) in [6.45, 7) is 12.7. The standard InChI is InChI=1S/C27H31N3O2S/c1-15-9-8-10-22(18(15)4)30-25(32)21(24(31)28-26(30)33)13-19-12-20-17(3)14-27(5,6)29(7)23(20)11-16(19)2/h8-13,17H,14H2,1-7H3,(H,28,31,33)/b21-13+/t17-/m1/s1. The number of carbonyl (C=O) groups excluding carboxylic acids is 2. The Morgan fingerprint density at radius 3 is 2.48 bits per heavy atom. The first-order chi connectivity index (χ1) is 15.4. The molecule has 0 spiro atoms. The molecule has 2 heterocycles. The van der Waals surface area contributed by atoms with E-state index in [-0.39, 0.29) is 16.2 Å². The van der Waals surface area contributed by atoms with Crippen molar-refractivity contribution in [2.75, 3.05) is 16.8 Å². The van der Waals surface area contributed by atoms with Gasteiger partial charge in [-0.1, -0.05) is 19.1 Å². The molecule has 2 aliphatic heterocycles. The second-order valence-electron chi connectivity index (χ2n) is 9.92. The number of amides is 2. The van der Waals surface area contributed by atoms with Gasteiger partial charge in [-0.15, -0.1) is 0 Å². The maximum atomic E-state index is 13.5. The topological polar surface area (TPSA) is 52.7 Å². The second-order valence-corrected chi connectivity index (χ2v) is 10.3. The zero-order valence-corrected chi connectivity index (χ0v) is 21.2. The van der Waals surface area contributed by atoms with Gasteiger partial charge >= 0.3 is 0 Å². The molecular formula is C27H31N3O2S. The highest BCUT2D eigenvalue weighted by atomic mass is 32.1. The number of nitrogens with zero attached hydrogens (tertiary/aromatic N) is 2. The number of thiocarbonyl (C=S) groups is 1. The maximum Gasteiger partial charge on any atom is 0.270 e. The van der Waals surface area contributed by atoms with E-state index in [1.807, 2.05) is 39.0 Å². The van der Waals surface area contributed by atoms with Gasteiger partial charge in [-0.3, -0.25) is 19.8 Å². The van der Waals surface area contributed by atoms with E-state index < -0.39 is 11.8 Å². The van der Waals surface area contributed by atoms with Gasteiger partial charge in [-0.05, 0) is 111 Å². The van der Waals surface area contributed by atoms with Crippen molar-refractivity contribution in [1.29, 1.82) is 0 Å². The quantitative estimate of drug-likeness (QED) is 0.381. The highest BCUT2D eigenvalue weighted by Crippen LogP contribution is 2.43. The van der Waals surface area contributed by atoms with Crippen molar-refractivity contribution < 1.29 is 9.59 Å². The molecule has 33 heavy (non-hydrogen) atoms. The van der Waals surface area contributed by atoms with E-state index in [1.165, 1.54) is 16.2 Å². The molecule has 2 aromatic carbocycles. The minimum absolute atomic E-state index is 0.0694. The van der Waals surface area contributed by atoms with Crippen molar-refractivity contribution in [2.24, 2.45) is 0 Å². The van der Waals surface area contributed by atoms with Gasteiger partial charge in [0, 0.05) is 18.3 Å². The van der Waals surface area contributed by atoms with Gasteiger partial charge in [0.15, 0.2) is 5.11 Å². The maximum absolute atomic E-state index is 13.5. The van der Waals surface area contributed by atoms with Crippen molar-refractivity contribution in [3.05, 3.63) is 63.7 Å². The Morgan fingerprint density at radius 2 is 1.79 bits per heavy atom. The van der Waals surface area contributed by atoms with Gasteiger partial charge in [-0.2, -0.15) is 0 Å². The zero-order chi connectivity index (χ0) is 24.2. The fourth-order valence-electron chi connectivity index (χ4n) is 4.90. The third-order valence-electron chi connectivity index (χ3n) is 7.24. The molecule has 0 saturated carbocycles. The number of hydrogen-bond donors (Lipinski definition) is 1. The van der Waals surface area contributed by atoms with Crippen LogP contribution in [-0.2, 0) is 9.59 Å². The fraction of sp³-hybridized carbons (Fsp3) is 0.370. The minimum atomic E-state index is -0.463. The molecule has 0 bridgehead atoms. The number of rotatable bonds is 2. The van der Waals surface area contributed by atoms with Gasteiger partial charge in [0.05, 0.1) is 5.69 Å². The second kappa shape index (κ2) is 8.10. The van der Waals surface area contributed by atoms with Crippen LogP contribution in [0.5, 0.6) is 0 Å². The Hall–Kier alpha value is -2.99. The molecule has 0 aliphatic carbocycles. The molecule has 1 N–H and O–H groups in total. The van der Waals surface area contributed by atoms with E-state index in [2.05, 4.69) is 50.2 Å². The van der Waals surface area contributed by atoms with E-state index in [1.54, 1.807) is 6.08 Å². The summed E-state index contributed by atoms with van der Waals surface area (Å²) in [5.41, 5.74) is 7.19. The van der Waals surface area contributed by atoms with Crippen molar-refractivity contribution in [2.45, 2.75) is 59.4 Å². The molecule has 0 unspecified atom stereocenters. The van der Waals surface area contributed by atoms with E-state index >= 15 is 0 Å². The van der Waals surface area contributed by atoms with Gasteiger partial charge in [0.2, 0.25) is 0 Å². The number of anilines is 2. The predicted octanol–water partition coefficient (Wildman–Crippen LogP) is 5.17. The van der Waals surface area contributed by atoms with Crippen LogP contribution in [0.4, 0.5) is 11.4 Å². The third-order valence-corrected chi connectivity index (χ3v) is 7.52. The lowest BCUT2D eigenvalue weighted by molar-refractivity contribution is -0.122. The first-order valence-electron chi connectivity index (χ1n) is 11.3. The summed E-state index contributed by atoms with van der Waals surface area (Å²) in [4.78, 5) is 30.1. The number of carbonyl (C=O) groups is 2. The van der Waals surface area contributed by atoms with Crippen molar-refractivity contribution in [1.82, 2.24) is 5.32 Å². The monoisotopic (exact) mass is 461 g/mol. The molecule has 0 radical (unpaired) electrons. The van der Waals surface area contributed by atoms with Crippen molar-refractivity contribution >= 4 is 46.6 Å². The summed E-state index contributed by atoms with van der Waals surface area (Å²) in [7, 11) is 2.13. The van der Waals surface area contributed by atoms with E-state index in [0.29, 0.717) is 11.6 Å². The third kappa shape index (κ3) is 3.86. The summed E-state index contributed by atoms with van der Waals surface area (Å²) in [6.07, 6.45) is 2.74. The predicted molar refractivity (Wildman–Crippen MR) is 139 cm³/mol. The Bertz CT molecular complexity index is 1230. The van der Waals surface area contributed by atoms with Gasteiger partial charge in [-0.25, -0.2) is 0 Å².